The van der Waals surface area contributed by atoms with Gasteiger partial charge in [-0.05, 0) is 50.9 Å². The van der Waals surface area contributed by atoms with Crippen LogP contribution in [0.5, 0.6) is 0 Å². The SMILES string of the molecule is CC/C=C\C/C=C\CC(O)/C=C/C=C\C/C=C\CCCC(=O)OC[C@H](CO)OC(=O)CCCCCCCCC(C)C. The number of aliphatic hydroxyl groups excluding tert-OH is 2. The molecule has 0 fully saturated rings. The zero-order valence-corrected chi connectivity index (χ0v) is 26.1. The number of hydrogen-bond acceptors (Lipinski definition) is 6. The quantitative estimate of drug-likeness (QED) is 0.0469. The monoisotopic (exact) mass is 574 g/mol. The van der Waals surface area contributed by atoms with Gasteiger partial charge in [0, 0.05) is 12.8 Å². The van der Waals surface area contributed by atoms with Crippen molar-refractivity contribution in [2.75, 3.05) is 13.2 Å². The number of rotatable bonds is 26. The van der Waals surface area contributed by atoms with Gasteiger partial charge < -0.3 is 19.7 Å². The maximum Gasteiger partial charge on any atom is 0.306 e. The zero-order valence-electron chi connectivity index (χ0n) is 26.1. The Labute approximate surface area is 250 Å². The Morgan fingerprint density at radius 1 is 0.756 bits per heavy atom. The van der Waals surface area contributed by atoms with E-state index < -0.39 is 12.2 Å². The Kier molecular flexibility index (Phi) is 27.3. The average molecular weight is 575 g/mol. The van der Waals surface area contributed by atoms with Crippen LogP contribution in [0.1, 0.15) is 117 Å². The van der Waals surface area contributed by atoms with Crippen LogP contribution in [0, 0.1) is 5.92 Å². The van der Waals surface area contributed by atoms with Crippen molar-refractivity contribution in [3.63, 3.8) is 0 Å². The first kappa shape index (κ1) is 38.6. The predicted octanol–water partition coefficient (Wildman–Crippen LogP) is 8.10. The third-order valence-electron chi connectivity index (χ3n) is 6.33. The van der Waals surface area contributed by atoms with E-state index in [1.807, 2.05) is 36.5 Å². The lowest BCUT2D eigenvalue weighted by Crippen LogP contribution is -2.28. The number of aliphatic hydroxyl groups is 2. The van der Waals surface area contributed by atoms with Crippen molar-refractivity contribution in [2.45, 2.75) is 129 Å². The van der Waals surface area contributed by atoms with Gasteiger partial charge in [-0.1, -0.05) is 120 Å². The second-order valence-corrected chi connectivity index (χ2v) is 10.8. The number of carbonyl (C=O) groups is 2. The number of ether oxygens (including phenoxy) is 2. The van der Waals surface area contributed by atoms with Gasteiger partial charge in [-0.25, -0.2) is 0 Å². The van der Waals surface area contributed by atoms with Crippen LogP contribution in [-0.2, 0) is 19.1 Å². The second kappa shape index (κ2) is 29.1. The molecule has 0 spiro atoms. The molecule has 0 aliphatic rings. The van der Waals surface area contributed by atoms with Crippen molar-refractivity contribution >= 4 is 11.9 Å². The van der Waals surface area contributed by atoms with Crippen molar-refractivity contribution in [2.24, 2.45) is 5.92 Å². The summed E-state index contributed by atoms with van der Waals surface area (Å²) in [7, 11) is 0. The Hall–Kier alpha value is -2.44. The molecule has 0 aliphatic heterocycles. The molecule has 0 saturated carbocycles. The third kappa shape index (κ3) is 28.9. The van der Waals surface area contributed by atoms with Gasteiger partial charge >= 0.3 is 11.9 Å². The van der Waals surface area contributed by atoms with Gasteiger partial charge in [-0.3, -0.25) is 9.59 Å². The molecule has 0 saturated heterocycles. The van der Waals surface area contributed by atoms with Crippen LogP contribution in [0.15, 0.2) is 60.8 Å². The smallest absolute Gasteiger partial charge is 0.306 e. The van der Waals surface area contributed by atoms with Crippen molar-refractivity contribution in [3.8, 4) is 0 Å². The Balaban J connectivity index is 3.84. The third-order valence-corrected chi connectivity index (χ3v) is 6.33. The largest absolute Gasteiger partial charge is 0.462 e. The van der Waals surface area contributed by atoms with Gasteiger partial charge in [-0.15, -0.1) is 0 Å². The molecule has 1 unspecified atom stereocenters. The second-order valence-electron chi connectivity index (χ2n) is 10.8. The summed E-state index contributed by atoms with van der Waals surface area (Å²) < 4.78 is 10.4. The molecule has 6 nitrogen and oxygen atoms in total. The van der Waals surface area contributed by atoms with Gasteiger partial charge in [0.05, 0.1) is 12.7 Å². The fourth-order valence-corrected chi connectivity index (χ4v) is 3.91. The minimum Gasteiger partial charge on any atom is -0.462 e. The molecule has 41 heavy (non-hydrogen) atoms. The van der Waals surface area contributed by atoms with E-state index in [4.69, 9.17) is 9.47 Å². The summed E-state index contributed by atoms with van der Waals surface area (Å²) >= 11 is 0. The molecule has 2 N–H and O–H groups in total. The summed E-state index contributed by atoms with van der Waals surface area (Å²) in [5.41, 5.74) is 0. The highest BCUT2D eigenvalue weighted by atomic mass is 16.6. The summed E-state index contributed by atoms with van der Waals surface area (Å²) in [6.45, 7) is 6.11. The molecule has 0 radical (unpaired) electrons. The molecule has 2 atom stereocenters. The van der Waals surface area contributed by atoms with Gasteiger partial charge in [-0.2, -0.15) is 0 Å². The minimum absolute atomic E-state index is 0.119. The van der Waals surface area contributed by atoms with E-state index in [0.717, 1.165) is 50.9 Å². The molecular weight excluding hydrogens is 516 g/mol. The van der Waals surface area contributed by atoms with Crippen molar-refractivity contribution in [1.82, 2.24) is 0 Å². The fourth-order valence-electron chi connectivity index (χ4n) is 3.91. The molecule has 0 bridgehead atoms. The van der Waals surface area contributed by atoms with Crippen molar-refractivity contribution in [1.29, 1.82) is 0 Å². The number of esters is 2. The van der Waals surface area contributed by atoms with Crippen LogP contribution in [0.3, 0.4) is 0 Å². The molecular formula is C35H58O6. The highest BCUT2D eigenvalue weighted by Crippen LogP contribution is 2.12. The standard InChI is InChI=1S/C35H58O6/c1-4-5-6-7-15-20-25-32(37)26-21-16-10-8-9-11-17-22-27-34(38)40-30-33(29-36)41-35(39)28-23-18-13-12-14-19-24-31(2)3/h5-6,9-11,15-16,20-21,26,31-33,36-37H,4,7-8,12-14,17-19,22-25,27-30H2,1-3H3/b6-5-,11-9-,16-10-,20-15-,26-21+/t32?,33-/m0/s1. The molecule has 6 heteroatoms. The number of carbonyl (C=O) groups excluding carboxylic acids is 2. The lowest BCUT2D eigenvalue weighted by molar-refractivity contribution is -0.161. The molecule has 0 rings (SSSR count). The lowest BCUT2D eigenvalue weighted by Gasteiger charge is -2.15. The molecule has 0 amide bonds. The summed E-state index contributed by atoms with van der Waals surface area (Å²) in [6.07, 6.45) is 31.9. The van der Waals surface area contributed by atoms with E-state index in [0.29, 0.717) is 19.3 Å². The Morgan fingerprint density at radius 2 is 1.41 bits per heavy atom. The van der Waals surface area contributed by atoms with E-state index in [-0.39, 0.29) is 31.6 Å². The summed E-state index contributed by atoms with van der Waals surface area (Å²) in [6, 6.07) is 0. The Morgan fingerprint density at radius 3 is 2.15 bits per heavy atom. The van der Waals surface area contributed by atoms with Crippen LogP contribution in [0.25, 0.3) is 0 Å². The first-order valence-corrected chi connectivity index (χ1v) is 15.8. The summed E-state index contributed by atoms with van der Waals surface area (Å²) in [5, 5.41) is 19.4. The van der Waals surface area contributed by atoms with Gasteiger partial charge in [0.1, 0.15) is 6.61 Å². The molecule has 0 aromatic carbocycles. The summed E-state index contributed by atoms with van der Waals surface area (Å²) in [5.74, 6) is 0.0477. The van der Waals surface area contributed by atoms with Crippen molar-refractivity contribution < 1.29 is 29.3 Å². The van der Waals surface area contributed by atoms with Crippen LogP contribution in [0.2, 0.25) is 0 Å². The average Bonchev–Trinajstić information content (AvgIpc) is 2.95. The maximum absolute atomic E-state index is 12.0. The maximum atomic E-state index is 12.0. The highest BCUT2D eigenvalue weighted by Gasteiger charge is 2.16. The van der Waals surface area contributed by atoms with E-state index in [1.165, 1.54) is 25.7 Å². The summed E-state index contributed by atoms with van der Waals surface area (Å²) in [4.78, 5) is 24.0. The molecule has 234 valence electrons. The van der Waals surface area contributed by atoms with Gasteiger partial charge in [0.25, 0.3) is 0 Å². The normalized spacial score (nSPS) is 13.9. The minimum atomic E-state index is -0.811. The van der Waals surface area contributed by atoms with Gasteiger partial charge in [0.15, 0.2) is 6.10 Å². The fraction of sp³-hybridized carbons (Fsp3) is 0.657. The zero-order chi connectivity index (χ0) is 30.4. The van der Waals surface area contributed by atoms with E-state index in [1.54, 1.807) is 6.08 Å². The van der Waals surface area contributed by atoms with Gasteiger partial charge in [0.2, 0.25) is 0 Å². The molecule has 0 aromatic rings. The van der Waals surface area contributed by atoms with E-state index >= 15 is 0 Å². The first-order valence-electron chi connectivity index (χ1n) is 15.8. The van der Waals surface area contributed by atoms with Crippen LogP contribution < -0.4 is 0 Å². The van der Waals surface area contributed by atoms with E-state index in [9.17, 15) is 19.8 Å². The number of allylic oxidation sites excluding steroid dienone is 8. The molecule has 0 aliphatic carbocycles. The number of unbranched alkanes of at least 4 members (excludes halogenated alkanes) is 6. The highest BCUT2D eigenvalue weighted by molar-refractivity contribution is 5.70. The first-order chi connectivity index (χ1) is 19.9. The Bertz CT molecular complexity index is 778. The van der Waals surface area contributed by atoms with Crippen LogP contribution in [-0.4, -0.2) is 47.6 Å². The van der Waals surface area contributed by atoms with Crippen LogP contribution >= 0.6 is 0 Å². The molecule has 0 heterocycles. The van der Waals surface area contributed by atoms with Crippen LogP contribution in [0.4, 0.5) is 0 Å². The number of hydrogen-bond donors (Lipinski definition) is 2. The topological polar surface area (TPSA) is 93.1 Å². The van der Waals surface area contributed by atoms with E-state index in [2.05, 4.69) is 39.0 Å². The van der Waals surface area contributed by atoms with Crippen molar-refractivity contribution in [3.05, 3.63) is 60.8 Å². The molecule has 0 aromatic heterocycles. The lowest BCUT2D eigenvalue weighted by atomic mass is 10.0. The predicted molar refractivity (Wildman–Crippen MR) is 169 cm³/mol.